The molecule has 2 amide bonds. The molecule has 2 heterocycles. The standard InChI is InChI=1S/C23H19FN4O2S2/c1-3-15-8-4-6-10-19(15)28-21(30)18(26-22(28)31)12-16-13-32-23(25-16)27(14(2)29)20-11-7-5-9-17(20)24/h4-13H,3H2,1-2H3,(H,26,31)/b18-12+. The number of para-hydroxylation sites is 2. The van der Waals surface area contributed by atoms with Gasteiger partial charge in [0.05, 0.1) is 17.1 Å². The van der Waals surface area contributed by atoms with Crippen LogP contribution in [0.4, 0.5) is 20.9 Å². The Morgan fingerprint density at radius 1 is 1.25 bits per heavy atom. The molecule has 1 saturated heterocycles. The summed E-state index contributed by atoms with van der Waals surface area (Å²) in [4.78, 5) is 32.4. The lowest BCUT2D eigenvalue weighted by molar-refractivity contribution is -0.116. The van der Waals surface area contributed by atoms with Crippen LogP contribution in [0.15, 0.2) is 59.6 Å². The zero-order valence-electron chi connectivity index (χ0n) is 17.3. The number of thiocarbonyl (C=S) groups is 1. The first kappa shape index (κ1) is 21.8. The highest BCUT2D eigenvalue weighted by Gasteiger charge is 2.33. The lowest BCUT2D eigenvalue weighted by Gasteiger charge is -2.18. The molecule has 32 heavy (non-hydrogen) atoms. The molecule has 0 aliphatic carbocycles. The van der Waals surface area contributed by atoms with Gasteiger partial charge in [0.2, 0.25) is 5.91 Å². The lowest BCUT2D eigenvalue weighted by atomic mass is 10.1. The molecule has 1 aliphatic heterocycles. The first-order valence-corrected chi connectivity index (χ1v) is 11.1. The van der Waals surface area contributed by atoms with Crippen molar-refractivity contribution in [2.75, 3.05) is 9.80 Å². The van der Waals surface area contributed by atoms with Gasteiger partial charge < -0.3 is 5.32 Å². The summed E-state index contributed by atoms with van der Waals surface area (Å²) < 4.78 is 14.3. The minimum absolute atomic E-state index is 0.118. The van der Waals surface area contributed by atoms with Crippen LogP contribution in [0, 0.1) is 5.82 Å². The molecule has 9 heteroatoms. The molecule has 1 aliphatic rings. The molecule has 0 unspecified atom stereocenters. The molecule has 0 radical (unpaired) electrons. The maximum absolute atomic E-state index is 14.3. The number of carbonyl (C=O) groups is 2. The minimum Gasteiger partial charge on any atom is -0.327 e. The van der Waals surface area contributed by atoms with E-state index in [-0.39, 0.29) is 28.3 Å². The Kier molecular flexibility index (Phi) is 6.11. The van der Waals surface area contributed by atoms with E-state index in [2.05, 4.69) is 10.3 Å². The Labute approximate surface area is 194 Å². The van der Waals surface area contributed by atoms with Crippen LogP contribution in [0.1, 0.15) is 25.1 Å². The van der Waals surface area contributed by atoms with E-state index in [4.69, 9.17) is 12.2 Å². The number of rotatable bonds is 5. The van der Waals surface area contributed by atoms with Crippen molar-refractivity contribution in [3.8, 4) is 0 Å². The van der Waals surface area contributed by atoms with Gasteiger partial charge in [-0.15, -0.1) is 11.3 Å². The quantitative estimate of drug-likeness (QED) is 0.433. The number of aromatic nitrogens is 1. The maximum atomic E-state index is 14.3. The zero-order valence-corrected chi connectivity index (χ0v) is 19.0. The SMILES string of the molecule is CCc1ccccc1N1C(=O)/C(=C\c2csc(N(C(C)=O)c3ccccc3F)n2)NC1=S. The van der Waals surface area contributed by atoms with Crippen molar-refractivity contribution in [2.24, 2.45) is 0 Å². The van der Waals surface area contributed by atoms with Crippen molar-refractivity contribution in [3.05, 3.63) is 76.7 Å². The van der Waals surface area contributed by atoms with E-state index >= 15 is 0 Å². The predicted molar refractivity (Wildman–Crippen MR) is 128 cm³/mol. The van der Waals surface area contributed by atoms with Gasteiger partial charge in [-0.05, 0) is 48.5 Å². The molecule has 0 spiro atoms. The molecule has 3 aromatic rings. The molecule has 2 aromatic carbocycles. The highest BCUT2D eigenvalue weighted by Crippen LogP contribution is 2.32. The second kappa shape index (κ2) is 8.97. The third kappa shape index (κ3) is 4.04. The molecule has 0 bridgehead atoms. The maximum Gasteiger partial charge on any atom is 0.281 e. The number of hydrogen-bond acceptors (Lipinski definition) is 5. The van der Waals surface area contributed by atoms with Crippen LogP contribution in [0.3, 0.4) is 0 Å². The molecule has 1 N–H and O–H groups in total. The third-order valence-corrected chi connectivity index (χ3v) is 6.02. The summed E-state index contributed by atoms with van der Waals surface area (Å²) in [6.45, 7) is 3.36. The topological polar surface area (TPSA) is 65.5 Å². The van der Waals surface area contributed by atoms with Gasteiger partial charge >= 0.3 is 0 Å². The van der Waals surface area contributed by atoms with E-state index in [9.17, 15) is 14.0 Å². The van der Waals surface area contributed by atoms with Gasteiger partial charge in [-0.1, -0.05) is 37.3 Å². The molecule has 6 nitrogen and oxygen atoms in total. The largest absolute Gasteiger partial charge is 0.327 e. The number of carbonyl (C=O) groups excluding carboxylic acids is 2. The second-order valence-corrected chi connectivity index (χ2v) is 8.20. The van der Waals surface area contributed by atoms with Crippen molar-refractivity contribution < 1.29 is 14.0 Å². The first-order valence-electron chi connectivity index (χ1n) is 9.86. The van der Waals surface area contributed by atoms with Crippen LogP contribution in [0.5, 0.6) is 0 Å². The van der Waals surface area contributed by atoms with Crippen molar-refractivity contribution in [1.29, 1.82) is 0 Å². The number of thiazole rings is 1. The Balaban J connectivity index is 1.65. The average Bonchev–Trinajstić information content (AvgIpc) is 3.33. The van der Waals surface area contributed by atoms with Gasteiger partial charge in [0.1, 0.15) is 11.5 Å². The molecule has 162 valence electrons. The third-order valence-electron chi connectivity index (χ3n) is 4.89. The fourth-order valence-corrected chi connectivity index (χ4v) is 4.54. The van der Waals surface area contributed by atoms with Gasteiger partial charge in [0.15, 0.2) is 10.2 Å². The lowest BCUT2D eigenvalue weighted by Crippen LogP contribution is -2.31. The number of hydrogen-bond donors (Lipinski definition) is 1. The average molecular weight is 467 g/mol. The van der Waals surface area contributed by atoms with Gasteiger partial charge in [0.25, 0.3) is 5.91 Å². The fourth-order valence-electron chi connectivity index (χ4n) is 3.42. The van der Waals surface area contributed by atoms with E-state index in [0.717, 1.165) is 17.7 Å². The smallest absolute Gasteiger partial charge is 0.281 e. The van der Waals surface area contributed by atoms with Crippen LogP contribution >= 0.6 is 23.6 Å². The normalized spacial score (nSPS) is 14.7. The minimum atomic E-state index is -0.527. The zero-order chi connectivity index (χ0) is 22.8. The van der Waals surface area contributed by atoms with Crippen molar-refractivity contribution >= 4 is 63.1 Å². The van der Waals surface area contributed by atoms with E-state index in [1.54, 1.807) is 23.6 Å². The number of nitrogens with zero attached hydrogens (tertiary/aromatic N) is 3. The first-order chi connectivity index (χ1) is 15.4. The second-order valence-electron chi connectivity index (χ2n) is 6.97. The summed E-state index contributed by atoms with van der Waals surface area (Å²) in [6, 6.07) is 13.6. The van der Waals surface area contributed by atoms with Crippen LogP contribution in [-0.2, 0) is 16.0 Å². The summed E-state index contributed by atoms with van der Waals surface area (Å²) >= 11 is 6.58. The van der Waals surface area contributed by atoms with Crippen LogP contribution in [0.25, 0.3) is 6.08 Å². The molecule has 0 atom stereocenters. The summed E-state index contributed by atoms with van der Waals surface area (Å²) in [5.41, 5.74) is 2.59. The van der Waals surface area contributed by atoms with E-state index < -0.39 is 5.82 Å². The Morgan fingerprint density at radius 3 is 2.69 bits per heavy atom. The number of anilines is 3. The predicted octanol–water partition coefficient (Wildman–Crippen LogP) is 4.79. The van der Waals surface area contributed by atoms with Crippen LogP contribution in [0.2, 0.25) is 0 Å². The molecular weight excluding hydrogens is 447 g/mol. The van der Waals surface area contributed by atoms with Gasteiger partial charge in [-0.3, -0.25) is 19.4 Å². The number of nitrogens with one attached hydrogen (secondary N) is 1. The Hall–Kier alpha value is -3.43. The molecule has 0 saturated carbocycles. The monoisotopic (exact) mass is 466 g/mol. The summed E-state index contributed by atoms with van der Waals surface area (Å²) in [5, 5.41) is 5.23. The van der Waals surface area contributed by atoms with Gasteiger partial charge in [-0.25, -0.2) is 9.37 Å². The van der Waals surface area contributed by atoms with Gasteiger partial charge in [-0.2, -0.15) is 0 Å². The summed E-state index contributed by atoms with van der Waals surface area (Å²) in [7, 11) is 0. The van der Waals surface area contributed by atoms with Gasteiger partial charge in [0, 0.05) is 12.3 Å². The number of amides is 2. The van der Waals surface area contributed by atoms with Crippen LogP contribution in [-0.4, -0.2) is 21.9 Å². The Bertz CT molecular complexity index is 1250. The molecule has 4 rings (SSSR count). The number of aryl methyl sites for hydroxylation is 1. The van der Waals surface area contributed by atoms with Crippen molar-refractivity contribution in [2.45, 2.75) is 20.3 Å². The summed E-state index contributed by atoms with van der Waals surface area (Å²) in [5.74, 6) is -1.19. The molecular formula is C23H19FN4O2S2. The summed E-state index contributed by atoms with van der Waals surface area (Å²) in [6.07, 6.45) is 2.33. The number of halogens is 1. The number of benzene rings is 2. The molecule has 1 fully saturated rings. The highest BCUT2D eigenvalue weighted by atomic mass is 32.1. The Morgan fingerprint density at radius 2 is 1.97 bits per heavy atom. The van der Waals surface area contributed by atoms with Crippen LogP contribution < -0.4 is 15.1 Å². The van der Waals surface area contributed by atoms with E-state index in [0.29, 0.717) is 10.8 Å². The molecule has 1 aromatic heterocycles. The van der Waals surface area contributed by atoms with E-state index in [1.165, 1.54) is 40.2 Å². The van der Waals surface area contributed by atoms with Crippen molar-refractivity contribution in [1.82, 2.24) is 10.3 Å². The van der Waals surface area contributed by atoms with E-state index in [1.807, 2.05) is 31.2 Å². The fraction of sp³-hybridized carbons (Fsp3) is 0.130. The highest BCUT2D eigenvalue weighted by molar-refractivity contribution is 7.80. The van der Waals surface area contributed by atoms with Crippen molar-refractivity contribution in [3.63, 3.8) is 0 Å².